The number of hydrogen-bond donors (Lipinski definition) is 2. The van der Waals surface area contributed by atoms with Crippen LogP contribution >= 0.6 is 0 Å². The Morgan fingerprint density at radius 1 is 1.14 bits per heavy atom. The number of anilines is 2. The molecule has 114 valence electrons. The van der Waals surface area contributed by atoms with Gasteiger partial charge in [0.1, 0.15) is 0 Å². The summed E-state index contributed by atoms with van der Waals surface area (Å²) >= 11 is 0. The van der Waals surface area contributed by atoms with Crippen LogP contribution in [-0.4, -0.2) is 33.8 Å². The van der Waals surface area contributed by atoms with Crippen molar-refractivity contribution in [2.24, 2.45) is 7.05 Å². The SMILES string of the molecule is CN(C)c1ncc(CNc2ccc(-c3cn[nH]c3)cc2)n1C. The Kier molecular flexibility index (Phi) is 3.82. The predicted octanol–water partition coefficient (Wildman–Crippen LogP) is 2.49. The van der Waals surface area contributed by atoms with Crippen molar-refractivity contribution in [2.45, 2.75) is 6.54 Å². The minimum absolute atomic E-state index is 0.738. The Bertz CT molecular complexity index is 725. The van der Waals surface area contributed by atoms with E-state index in [1.165, 1.54) is 0 Å². The summed E-state index contributed by atoms with van der Waals surface area (Å²) < 4.78 is 2.09. The number of benzene rings is 1. The lowest BCUT2D eigenvalue weighted by Gasteiger charge is -2.13. The fourth-order valence-corrected chi connectivity index (χ4v) is 2.40. The molecule has 0 aliphatic rings. The van der Waals surface area contributed by atoms with Gasteiger partial charge in [-0.3, -0.25) is 5.10 Å². The Morgan fingerprint density at radius 3 is 2.50 bits per heavy atom. The number of nitrogens with zero attached hydrogens (tertiary/aromatic N) is 4. The third kappa shape index (κ3) is 2.81. The lowest BCUT2D eigenvalue weighted by Crippen LogP contribution is -2.15. The Morgan fingerprint density at radius 2 is 1.91 bits per heavy atom. The molecule has 2 heterocycles. The number of imidazole rings is 1. The first kappa shape index (κ1) is 14.2. The van der Waals surface area contributed by atoms with Crippen LogP contribution in [0.2, 0.25) is 0 Å². The summed E-state index contributed by atoms with van der Waals surface area (Å²) in [5, 5.41) is 10.2. The van der Waals surface area contributed by atoms with Crippen molar-refractivity contribution in [2.75, 3.05) is 24.3 Å². The molecule has 0 aliphatic heterocycles. The van der Waals surface area contributed by atoms with Crippen molar-refractivity contribution in [1.82, 2.24) is 19.7 Å². The second-order valence-corrected chi connectivity index (χ2v) is 5.42. The predicted molar refractivity (Wildman–Crippen MR) is 88.9 cm³/mol. The number of H-pyrrole nitrogens is 1. The monoisotopic (exact) mass is 296 g/mol. The van der Waals surface area contributed by atoms with Gasteiger partial charge in [-0.1, -0.05) is 12.1 Å². The van der Waals surface area contributed by atoms with Gasteiger partial charge in [-0.2, -0.15) is 5.10 Å². The average Bonchev–Trinajstić information content (AvgIpc) is 3.15. The van der Waals surface area contributed by atoms with Crippen molar-refractivity contribution in [3.63, 3.8) is 0 Å². The van der Waals surface area contributed by atoms with E-state index in [-0.39, 0.29) is 0 Å². The molecule has 0 radical (unpaired) electrons. The first-order valence-electron chi connectivity index (χ1n) is 7.16. The number of nitrogens with one attached hydrogen (secondary N) is 2. The molecule has 0 spiro atoms. The van der Waals surface area contributed by atoms with Crippen LogP contribution in [0.3, 0.4) is 0 Å². The molecule has 2 N–H and O–H groups in total. The molecule has 0 aliphatic carbocycles. The molecule has 0 saturated heterocycles. The molecule has 0 amide bonds. The first-order chi connectivity index (χ1) is 10.6. The van der Waals surface area contributed by atoms with E-state index < -0.39 is 0 Å². The molecule has 1 aromatic carbocycles. The van der Waals surface area contributed by atoms with Gasteiger partial charge in [0.25, 0.3) is 0 Å². The van der Waals surface area contributed by atoms with Gasteiger partial charge in [-0.05, 0) is 17.7 Å². The molecule has 22 heavy (non-hydrogen) atoms. The van der Waals surface area contributed by atoms with E-state index in [2.05, 4.69) is 49.3 Å². The minimum Gasteiger partial charge on any atom is -0.379 e. The average molecular weight is 296 g/mol. The standard InChI is InChI=1S/C16H20N6/c1-21(2)16-18-11-15(22(16)3)10-17-14-6-4-12(5-7-14)13-8-19-20-9-13/h4-9,11,17H,10H2,1-3H3,(H,19,20). The maximum absolute atomic E-state index is 4.41. The highest BCUT2D eigenvalue weighted by Crippen LogP contribution is 2.20. The van der Waals surface area contributed by atoms with E-state index in [0.29, 0.717) is 0 Å². The zero-order valence-corrected chi connectivity index (χ0v) is 13.0. The summed E-state index contributed by atoms with van der Waals surface area (Å²) in [7, 11) is 6.02. The van der Waals surface area contributed by atoms with Crippen molar-refractivity contribution in [1.29, 1.82) is 0 Å². The lowest BCUT2D eigenvalue weighted by atomic mass is 10.1. The highest BCUT2D eigenvalue weighted by molar-refractivity contribution is 5.64. The number of aromatic nitrogens is 4. The molecule has 0 saturated carbocycles. The summed E-state index contributed by atoms with van der Waals surface area (Å²) in [4.78, 5) is 6.42. The number of rotatable bonds is 5. The zero-order chi connectivity index (χ0) is 15.5. The maximum Gasteiger partial charge on any atom is 0.204 e. The first-order valence-corrected chi connectivity index (χ1v) is 7.16. The van der Waals surface area contributed by atoms with E-state index in [0.717, 1.165) is 35.0 Å². The van der Waals surface area contributed by atoms with Crippen molar-refractivity contribution in [3.05, 3.63) is 48.5 Å². The largest absolute Gasteiger partial charge is 0.379 e. The molecule has 3 aromatic rings. The maximum atomic E-state index is 4.41. The third-order valence-electron chi connectivity index (χ3n) is 3.65. The summed E-state index contributed by atoms with van der Waals surface area (Å²) in [6, 6.07) is 8.32. The highest BCUT2D eigenvalue weighted by atomic mass is 15.3. The lowest BCUT2D eigenvalue weighted by molar-refractivity contribution is 0.814. The van der Waals surface area contributed by atoms with Gasteiger partial charge in [0.05, 0.1) is 24.6 Å². The van der Waals surface area contributed by atoms with E-state index in [4.69, 9.17) is 0 Å². The van der Waals surface area contributed by atoms with Crippen LogP contribution in [0.1, 0.15) is 5.69 Å². The Balaban J connectivity index is 1.67. The molecule has 0 fully saturated rings. The summed E-state index contributed by atoms with van der Waals surface area (Å²) in [5.41, 5.74) is 4.46. The molecular weight excluding hydrogens is 276 g/mol. The van der Waals surface area contributed by atoms with Crippen LogP contribution < -0.4 is 10.2 Å². The van der Waals surface area contributed by atoms with Crippen LogP contribution in [0, 0.1) is 0 Å². The molecular formula is C16H20N6. The van der Waals surface area contributed by atoms with Crippen molar-refractivity contribution < 1.29 is 0 Å². The summed E-state index contributed by atoms with van der Waals surface area (Å²) in [5.74, 6) is 0.951. The quantitative estimate of drug-likeness (QED) is 0.759. The zero-order valence-electron chi connectivity index (χ0n) is 13.0. The molecule has 0 bridgehead atoms. The second kappa shape index (κ2) is 5.93. The summed E-state index contributed by atoms with van der Waals surface area (Å²) in [6.45, 7) is 0.738. The third-order valence-corrected chi connectivity index (χ3v) is 3.65. The molecule has 3 rings (SSSR count). The smallest absolute Gasteiger partial charge is 0.204 e. The normalized spacial score (nSPS) is 10.7. The second-order valence-electron chi connectivity index (χ2n) is 5.42. The van der Waals surface area contributed by atoms with Gasteiger partial charge >= 0.3 is 0 Å². The highest BCUT2D eigenvalue weighted by Gasteiger charge is 2.07. The van der Waals surface area contributed by atoms with E-state index in [1.54, 1.807) is 0 Å². The van der Waals surface area contributed by atoms with Gasteiger partial charge in [0.2, 0.25) is 5.95 Å². The van der Waals surface area contributed by atoms with Crippen LogP contribution in [0.5, 0.6) is 0 Å². The fourth-order valence-electron chi connectivity index (χ4n) is 2.40. The van der Waals surface area contributed by atoms with E-state index >= 15 is 0 Å². The van der Waals surface area contributed by atoms with Crippen LogP contribution in [0.15, 0.2) is 42.9 Å². The topological polar surface area (TPSA) is 61.8 Å². The van der Waals surface area contributed by atoms with E-state index in [9.17, 15) is 0 Å². The van der Waals surface area contributed by atoms with Crippen LogP contribution in [-0.2, 0) is 13.6 Å². The molecule has 0 unspecified atom stereocenters. The number of aromatic amines is 1. The Labute approximate surface area is 129 Å². The fraction of sp³-hybridized carbons (Fsp3) is 0.250. The molecule has 0 atom stereocenters. The summed E-state index contributed by atoms with van der Waals surface area (Å²) in [6.07, 6.45) is 5.61. The van der Waals surface area contributed by atoms with Crippen molar-refractivity contribution >= 4 is 11.6 Å². The molecule has 6 heteroatoms. The van der Waals surface area contributed by atoms with Gasteiger partial charge in [-0.15, -0.1) is 0 Å². The van der Waals surface area contributed by atoms with Crippen LogP contribution in [0.25, 0.3) is 11.1 Å². The molecule has 2 aromatic heterocycles. The van der Waals surface area contributed by atoms with Gasteiger partial charge in [-0.25, -0.2) is 4.98 Å². The van der Waals surface area contributed by atoms with Gasteiger partial charge in [0.15, 0.2) is 0 Å². The number of hydrogen-bond acceptors (Lipinski definition) is 4. The van der Waals surface area contributed by atoms with Gasteiger partial charge in [0, 0.05) is 38.6 Å². The minimum atomic E-state index is 0.738. The van der Waals surface area contributed by atoms with Crippen LogP contribution in [0.4, 0.5) is 11.6 Å². The van der Waals surface area contributed by atoms with Crippen molar-refractivity contribution in [3.8, 4) is 11.1 Å². The molecule has 6 nitrogen and oxygen atoms in total. The Hall–Kier alpha value is -2.76. The van der Waals surface area contributed by atoms with E-state index in [1.807, 2.05) is 44.6 Å². The van der Waals surface area contributed by atoms with Gasteiger partial charge < -0.3 is 14.8 Å².